The number of benzene rings is 1. The number of ether oxygens (including phenoxy) is 1. The highest BCUT2D eigenvalue weighted by molar-refractivity contribution is 9.10. The summed E-state index contributed by atoms with van der Waals surface area (Å²) in [6.45, 7) is 4.29. The lowest BCUT2D eigenvalue weighted by atomic mass is 9.86. The third-order valence-corrected chi connectivity index (χ3v) is 4.82. The van der Waals surface area contributed by atoms with Gasteiger partial charge in [-0.25, -0.2) is 0 Å². The van der Waals surface area contributed by atoms with Crippen molar-refractivity contribution in [1.29, 1.82) is 0 Å². The molecule has 0 radical (unpaired) electrons. The molecule has 0 saturated carbocycles. The molecule has 1 unspecified atom stereocenters. The molecule has 1 aromatic rings. The molecule has 1 aromatic carbocycles. The van der Waals surface area contributed by atoms with Gasteiger partial charge in [0.05, 0.1) is 6.61 Å². The van der Waals surface area contributed by atoms with Gasteiger partial charge in [-0.3, -0.25) is 0 Å². The Balaban J connectivity index is 1.92. The highest BCUT2D eigenvalue weighted by Crippen LogP contribution is 2.37. The maximum Gasteiger partial charge on any atom is 0.125 e. The summed E-state index contributed by atoms with van der Waals surface area (Å²) in [6, 6.07) is 4.44. The van der Waals surface area contributed by atoms with E-state index in [0.717, 1.165) is 31.7 Å². The van der Waals surface area contributed by atoms with Crippen molar-refractivity contribution in [2.75, 3.05) is 13.2 Å². The normalized spacial score (nSPS) is 26.1. The topological polar surface area (TPSA) is 21.3 Å². The molecule has 0 aliphatic carbocycles. The third-order valence-electron chi connectivity index (χ3n) is 4.36. The quantitative estimate of drug-likeness (QED) is 0.923. The fourth-order valence-electron chi connectivity index (χ4n) is 3.29. The van der Waals surface area contributed by atoms with E-state index in [4.69, 9.17) is 4.74 Å². The first-order chi connectivity index (χ1) is 8.72. The number of hydrogen-bond donors (Lipinski definition) is 1. The molecule has 1 saturated heterocycles. The van der Waals surface area contributed by atoms with Crippen LogP contribution in [0.4, 0.5) is 0 Å². The third kappa shape index (κ3) is 2.19. The molecule has 18 heavy (non-hydrogen) atoms. The van der Waals surface area contributed by atoms with Crippen molar-refractivity contribution < 1.29 is 4.74 Å². The summed E-state index contributed by atoms with van der Waals surface area (Å²) in [5, 5.41) is 3.71. The molecule has 2 aliphatic heterocycles. The minimum Gasteiger partial charge on any atom is -0.493 e. The van der Waals surface area contributed by atoms with Crippen LogP contribution in [0.3, 0.4) is 0 Å². The Hall–Kier alpha value is -0.540. The van der Waals surface area contributed by atoms with Gasteiger partial charge in [0, 0.05) is 16.4 Å². The summed E-state index contributed by atoms with van der Waals surface area (Å²) in [7, 11) is 0. The minimum absolute atomic E-state index is 0.292. The van der Waals surface area contributed by atoms with Crippen LogP contribution in [0.1, 0.15) is 37.3 Å². The van der Waals surface area contributed by atoms with Crippen molar-refractivity contribution >= 4 is 15.9 Å². The van der Waals surface area contributed by atoms with Gasteiger partial charge in [0.15, 0.2) is 0 Å². The first-order valence-electron chi connectivity index (χ1n) is 6.91. The Labute approximate surface area is 117 Å². The lowest BCUT2D eigenvalue weighted by Gasteiger charge is -2.29. The molecule has 0 spiro atoms. The van der Waals surface area contributed by atoms with Crippen LogP contribution in [0.2, 0.25) is 0 Å². The average molecular weight is 310 g/mol. The van der Waals surface area contributed by atoms with Crippen LogP contribution in [0.15, 0.2) is 16.6 Å². The molecule has 2 nitrogen and oxygen atoms in total. The fraction of sp³-hybridized carbons (Fsp3) is 0.600. The molecule has 98 valence electrons. The molecular weight excluding hydrogens is 290 g/mol. The average Bonchev–Trinajstić information content (AvgIpc) is 2.98. The van der Waals surface area contributed by atoms with E-state index in [-0.39, 0.29) is 0 Å². The Morgan fingerprint density at radius 2 is 2.33 bits per heavy atom. The van der Waals surface area contributed by atoms with Crippen molar-refractivity contribution in [3.8, 4) is 5.75 Å². The van der Waals surface area contributed by atoms with Gasteiger partial charge in [0.1, 0.15) is 5.75 Å². The molecule has 0 aromatic heterocycles. The number of fused-ring (bicyclic) bond motifs is 1. The second-order valence-electron chi connectivity index (χ2n) is 5.49. The standard InChI is InChI=1S/C15H20BrNO/c1-2-15(5-3-6-17-15)10-12-9-13(16)8-11-4-7-18-14(11)12/h8-9,17H,2-7,10H2,1H3. The molecular formula is C15H20BrNO. The summed E-state index contributed by atoms with van der Waals surface area (Å²) >= 11 is 3.63. The molecule has 1 N–H and O–H groups in total. The lowest BCUT2D eigenvalue weighted by Crippen LogP contribution is -2.41. The highest BCUT2D eigenvalue weighted by atomic mass is 79.9. The first kappa shape index (κ1) is 12.5. The largest absolute Gasteiger partial charge is 0.493 e. The van der Waals surface area contributed by atoms with E-state index in [1.165, 1.54) is 34.9 Å². The van der Waals surface area contributed by atoms with E-state index < -0.39 is 0 Å². The Morgan fingerprint density at radius 1 is 1.44 bits per heavy atom. The van der Waals surface area contributed by atoms with Crippen molar-refractivity contribution in [2.45, 2.75) is 44.6 Å². The first-order valence-corrected chi connectivity index (χ1v) is 7.71. The number of nitrogens with one attached hydrogen (secondary N) is 1. The molecule has 1 atom stereocenters. The van der Waals surface area contributed by atoms with Gasteiger partial charge in [-0.05, 0) is 55.5 Å². The van der Waals surface area contributed by atoms with Crippen LogP contribution < -0.4 is 10.1 Å². The van der Waals surface area contributed by atoms with Gasteiger partial charge in [0.25, 0.3) is 0 Å². The molecule has 0 amide bonds. The number of hydrogen-bond acceptors (Lipinski definition) is 2. The van der Waals surface area contributed by atoms with Gasteiger partial charge in [-0.15, -0.1) is 0 Å². The number of rotatable bonds is 3. The zero-order valence-corrected chi connectivity index (χ0v) is 12.5. The number of halogens is 1. The Kier molecular flexibility index (Phi) is 3.37. The van der Waals surface area contributed by atoms with Crippen LogP contribution in [0.5, 0.6) is 5.75 Å². The molecule has 3 heteroatoms. The van der Waals surface area contributed by atoms with E-state index in [9.17, 15) is 0 Å². The smallest absolute Gasteiger partial charge is 0.125 e. The van der Waals surface area contributed by atoms with Gasteiger partial charge in [-0.1, -0.05) is 22.9 Å². The highest BCUT2D eigenvalue weighted by Gasteiger charge is 2.33. The Morgan fingerprint density at radius 3 is 3.06 bits per heavy atom. The summed E-state index contributed by atoms with van der Waals surface area (Å²) < 4.78 is 7.02. The zero-order chi connectivity index (χ0) is 12.6. The summed E-state index contributed by atoms with van der Waals surface area (Å²) in [5.41, 5.74) is 3.03. The van der Waals surface area contributed by atoms with Crippen molar-refractivity contribution in [3.05, 3.63) is 27.7 Å². The second-order valence-corrected chi connectivity index (χ2v) is 6.41. The van der Waals surface area contributed by atoms with E-state index in [0.29, 0.717) is 5.54 Å². The van der Waals surface area contributed by atoms with Crippen molar-refractivity contribution in [2.24, 2.45) is 0 Å². The molecule has 3 rings (SSSR count). The molecule has 1 fully saturated rings. The lowest BCUT2D eigenvalue weighted by molar-refractivity contribution is 0.332. The molecule has 2 heterocycles. The fourth-order valence-corrected chi connectivity index (χ4v) is 3.84. The maximum atomic E-state index is 5.84. The van der Waals surface area contributed by atoms with Gasteiger partial charge in [-0.2, -0.15) is 0 Å². The second kappa shape index (κ2) is 4.86. The summed E-state index contributed by atoms with van der Waals surface area (Å²) in [5.74, 6) is 1.15. The maximum absolute atomic E-state index is 5.84. The van der Waals surface area contributed by atoms with Crippen LogP contribution in [-0.4, -0.2) is 18.7 Å². The van der Waals surface area contributed by atoms with Crippen molar-refractivity contribution in [3.63, 3.8) is 0 Å². The summed E-state index contributed by atoms with van der Waals surface area (Å²) in [6.07, 6.45) is 5.91. The van der Waals surface area contributed by atoms with E-state index >= 15 is 0 Å². The van der Waals surface area contributed by atoms with E-state index in [1.54, 1.807) is 0 Å². The van der Waals surface area contributed by atoms with Crippen LogP contribution >= 0.6 is 15.9 Å². The van der Waals surface area contributed by atoms with Gasteiger partial charge in [0.2, 0.25) is 0 Å². The van der Waals surface area contributed by atoms with Gasteiger partial charge < -0.3 is 10.1 Å². The van der Waals surface area contributed by atoms with Crippen LogP contribution in [-0.2, 0) is 12.8 Å². The zero-order valence-electron chi connectivity index (χ0n) is 10.9. The van der Waals surface area contributed by atoms with E-state index in [2.05, 4.69) is 40.3 Å². The van der Waals surface area contributed by atoms with Crippen LogP contribution in [0, 0.1) is 0 Å². The van der Waals surface area contributed by atoms with Crippen molar-refractivity contribution in [1.82, 2.24) is 5.32 Å². The van der Waals surface area contributed by atoms with Gasteiger partial charge >= 0.3 is 0 Å². The Bertz CT molecular complexity index is 452. The predicted molar refractivity (Wildman–Crippen MR) is 77.3 cm³/mol. The van der Waals surface area contributed by atoms with E-state index in [1.807, 2.05) is 0 Å². The summed E-state index contributed by atoms with van der Waals surface area (Å²) in [4.78, 5) is 0. The minimum atomic E-state index is 0.292. The monoisotopic (exact) mass is 309 g/mol. The molecule has 0 bridgehead atoms. The van der Waals surface area contributed by atoms with Crippen LogP contribution in [0.25, 0.3) is 0 Å². The predicted octanol–water partition coefficient (Wildman–Crippen LogP) is 3.46. The molecule has 2 aliphatic rings. The SMILES string of the molecule is CCC1(Cc2cc(Br)cc3c2OCC3)CCCN1.